The molecule has 0 aromatic heterocycles. The largest absolute Gasteiger partial charge is 0.339 e. The summed E-state index contributed by atoms with van der Waals surface area (Å²) < 4.78 is 11.1. The molecule has 1 saturated heterocycles. The molecule has 1 heterocycles. The lowest BCUT2D eigenvalue weighted by Crippen LogP contribution is -2.34. The third kappa shape index (κ3) is 4.13. The van der Waals surface area contributed by atoms with Crippen molar-refractivity contribution in [3.63, 3.8) is 0 Å². The average Bonchev–Trinajstić information content (AvgIpc) is 2.11. The molecule has 14 heavy (non-hydrogen) atoms. The van der Waals surface area contributed by atoms with Crippen LogP contribution >= 0.6 is 0 Å². The first-order valence-electron chi connectivity index (χ1n) is 5.51. The van der Waals surface area contributed by atoms with Gasteiger partial charge in [-0.2, -0.15) is 0 Å². The molecular weight excluding hydrogens is 176 g/mol. The van der Waals surface area contributed by atoms with Crippen molar-refractivity contribution in [2.75, 3.05) is 0 Å². The Morgan fingerprint density at radius 1 is 1.21 bits per heavy atom. The van der Waals surface area contributed by atoms with Gasteiger partial charge < -0.3 is 9.47 Å². The number of hydrogen-bond acceptors (Lipinski definition) is 2. The van der Waals surface area contributed by atoms with Gasteiger partial charge in [-0.05, 0) is 32.6 Å². The lowest BCUT2D eigenvalue weighted by molar-refractivity contribution is -0.205. The Labute approximate surface area is 87.0 Å². The van der Waals surface area contributed by atoms with Gasteiger partial charge in [-0.3, -0.25) is 0 Å². The fourth-order valence-electron chi connectivity index (χ4n) is 1.52. The highest BCUT2D eigenvalue weighted by Gasteiger charge is 2.22. The van der Waals surface area contributed by atoms with E-state index in [2.05, 4.69) is 32.6 Å². The van der Waals surface area contributed by atoms with E-state index in [4.69, 9.17) is 9.47 Å². The van der Waals surface area contributed by atoms with E-state index < -0.39 is 0 Å². The highest BCUT2D eigenvalue weighted by atomic mass is 16.7. The maximum Gasteiger partial charge on any atom is 0.222 e. The summed E-state index contributed by atoms with van der Waals surface area (Å²) in [5.41, 5.74) is 0. The molecule has 0 saturated carbocycles. The lowest BCUT2D eigenvalue weighted by atomic mass is 10.2. The van der Waals surface area contributed by atoms with Crippen LogP contribution in [0.4, 0.5) is 0 Å². The molecule has 2 nitrogen and oxygen atoms in total. The summed E-state index contributed by atoms with van der Waals surface area (Å²) in [7, 11) is 0. The van der Waals surface area contributed by atoms with Crippen molar-refractivity contribution in [2.45, 2.75) is 65.0 Å². The van der Waals surface area contributed by atoms with Crippen LogP contribution in [-0.4, -0.2) is 18.5 Å². The summed E-state index contributed by atoms with van der Waals surface area (Å²) in [5, 5.41) is 0. The zero-order chi connectivity index (χ0) is 10.4. The summed E-state index contributed by atoms with van der Waals surface area (Å²) in [6.07, 6.45) is 4.49. The predicted octanol–water partition coefficient (Wildman–Crippen LogP) is 2.72. The normalized spacial score (nSPS) is 32.1. The fourth-order valence-corrected chi connectivity index (χ4v) is 1.52. The van der Waals surface area contributed by atoms with Crippen LogP contribution in [0.15, 0.2) is 0 Å². The first-order valence-corrected chi connectivity index (χ1v) is 5.51. The number of ether oxygens (including phenoxy) is 2. The first-order chi connectivity index (χ1) is 6.72. The molecule has 2 heteroatoms. The molecule has 0 aromatic rings. The molecule has 0 N–H and O–H groups in total. The van der Waals surface area contributed by atoms with Gasteiger partial charge in [0.2, 0.25) is 6.29 Å². The quantitative estimate of drug-likeness (QED) is 0.499. The van der Waals surface area contributed by atoms with Gasteiger partial charge in [-0.1, -0.05) is 19.3 Å². The molecular formula is C12H20O2. The third-order valence-electron chi connectivity index (χ3n) is 2.25. The van der Waals surface area contributed by atoms with Crippen LogP contribution in [0.1, 0.15) is 46.5 Å². The molecule has 0 amide bonds. The Bertz CT molecular complexity index is 204. The van der Waals surface area contributed by atoms with E-state index in [0.717, 1.165) is 19.3 Å². The van der Waals surface area contributed by atoms with Gasteiger partial charge in [0.25, 0.3) is 0 Å². The van der Waals surface area contributed by atoms with Crippen molar-refractivity contribution in [3.8, 4) is 11.8 Å². The second-order valence-corrected chi connectivity index (χ2v) is 3.89. The first kappa shape index (κ1) is 11.6. The maximum absolute atomic E-state index is 5.54. The van der Waals surface area contributed by atoms with Gasteiger partial charge in [0.1, 0.15) is 0 Å². The molecule has 1 rings (SSSR count). The van der Waals surface area contributed by atoms with Gasteiger partial charge in [0.15, 0.2) is 0 Å². The monoisotopic (exact) mass is 196 g/mol. The molecule has 0 radical (unpaired) electrons. The maximum atomic E-state index is 5.54. The summed E-state index contributed by atoms with van der Waals surface area (Å²) in [5.74, 6) is 6.12. The van der Waals surface area contributed by atoms with E-state index >= 15 is 0 Å². The Kier molecular flexibility index (Phi) is 5.00. The zero-order valence-corrected chi connectivity index (χ0v) is 9.38. The summed E-state index contributed by atoms with van der Waals surface area (Å²) in [6.45, 7) is 6.30. The predicted molar refractivity (Wildman–Crippen MR) is 56.8 cm³/mol. The highest BCUT2D eigenvalue weighted by molar-refractivity contribution is 5.03. The van der Waals surface area contributed by atoms with Crippen molar-refractivity contribution < 1.29 is 9.47 Å². The summed E-state index contributed by atoms with van der Waals surface area (Å²) >= 11 is 0. The summed E-state index contributed by atoms with van der Waals surface area (Å²) in [4.78, 5) is 0. The Balaban J connectivity index is 2.31. The van der Waals surface area contributed by atoms with Crippen LogP contribution in [0, 0.1) is 11.8 Å². The van der Waals surface area contributed by atoms with Gasteiger partial charge in [-0.25, -0.2) is 0 Å². The molecule has 1 unspecified atom stereocenters. The van der Waals surface area contributed by atoms with E-state index in [-0.39, 0.29) is 18.5 Å². The standard InChI is InChI=1S/C12H20O2/c1-4-5-6-7-8-12-13-10(2)9-11(3)14-12/h10-12H,4-6,9H2,1-3H3/t10-,11+,12?. The van der Waals surface area contributed by atoms with Crippen LogP contribution in [0.5, 0.6) is 0 Å². The SMILES string of the molecule is CCCCC#CC1O[C@H](C)C[C@H](C)O1. The molecule has 3 atom stereocenters. The fraction of sp³-hybridized carbons (Fsp3) is 0.833. The lowest BCUT2D eigenvalue weighted by Gasteiger charge is -2.29. The minimum atomic E-state index is -0.300. The number of rotatable bonds is 2. The Morgan fingerprint density at radius 3 is 2.43 bits per heavy atom. The van der Waals surface area contributed by atoms with Crippen LogP contribution in [0.2, 0.25) is 0 Å². The van der Waals surface area contributed by atoms with Gasteiger partial charge in [0, 0.05) is 6.42 Å². The van der Waals surface area contributed by atoms with Gasteiger partial charge >= 0.3 is 0 Å². The van der Waals surface area contributed by atoms with Crippen LogP contribution in [0.3, 0.4) is 0 Å². The average molecular weight is 196 g/mol. The van der Waals surface area contributed by atoms with Crippen LogP contribution in [-0.2, 0) is 9.47 Å². The molecule has 0 bridgehead atoms. The Morgan fingerprint density at radius 2 is 1.86 bits per heavy atom. The minimum Gasteiger partial charge on any atom is -0.339 e. The van der Waals surface area contributed by atoms with E-state index in [1.807, 2.05) is 0 Å². The van der Waals surface area contributed by atoms with Crippen molar-refractivity contribution in [2.24, 2.45) is 0 Å². The second-order valence-electron chi connectivity index (χ2n) is 3.89. The van der Waals surface area contributed by atoms with Crippen molar-refractivity contribution >= 4 is 0 Å². The zero-order valence-electron chi connectivity index (χ0n) is 9.38. The molecule has 1 fully saturated rings. The van der Waals surface area contributed by atoms with Crippen molar-refractivity contribution in [3.05, 3.63) is 0 Å². The number of hydrogen-bond donors (Lipinski definition) is 0. The highest BCUT2D eigenvalue weighted by Crippen LogP contribution is 2.17. The second kappa shape index (κ2) is 6.06. The van der Waals surface area contributed by atoms with Crippen molar-refractivity contribution in [1.29, 1.82) is 0 Å². The smallest absolute Gasteiger partial charge is 0.222 e. The molecule has 0 aliphatic carbocycles. The van der Waals surface area contributed by atoms with E-state index in [0.29, 0.717) is 0 Å². The van der Waals surface area contributed by atoms with E-state index in [9.17, 15) is 0 Å². The van der Waals surface area contributed by atoms with Gasteiger partial charge in [-0.15, -0.1) is 0 Å². The summed E-state index contributed by atoms with van der Waals surface area (Å²) in [6, 6.07) is 0. The third-order valence-corrected chi connectivity index (χ3v) is 2.25. The Hall–Kier alpha value is -0.520. The number of unbranched alkanes of at least 4 members (excludes halogenated alkanes) is 2. The van der Waals surface area contributed by atoms with Gasteiger partial charge in [0.05, 0.1) is 12.2 Å². The molecule has 80 valence electrons. The molecule has 1 aliphatic heterocycles. The molecule has 0 spiro atoms. The van der Waals surface area contributed by atoms with E-state index in [1.165, 1.54) is 6.42 Å². The topological polar surface area (TPSA) is 18.5 Å². The van der Waals surface area contributed by atoms with E-state index in [1.54, 1.807) is 0 Å². The minimum absolute atomic E-state index is 0.268. The molecule has 1 aliphatic rings. The van der Waals surface area contributed by atoms with Crippen LogP contribution in [0.25, 0.3) is 0 Å². The molecule has 0 aromatic carbocycles. The van der Waals surface area contributed by atoms with Crippen LogP contribution < -0.4 is 0 Å². The van der Waals surface area contributed by atoms with Crippen molar-refractivity contribution in [1.82, 2.24) is 0 Å².